The predicted octanol–water partition coefficient (Wildman–Crippen LogP) is 3.05. The molecule has 5 heteroatoms. The maximum Gasteiger partial charge on any atom is 0.188 e. The molecule has 2 aliphatic rings. The average molecular weight is 395 g/mol. The second-order valence-electron chi connectivity index (χ2n) is 6.08. The Morgan fingerprint density at radius 3 is 2.35 bits per heavy atom. The smallest absolute Gasteiger partial charge is 0.188 e. The molecular weight excluding hydrogens is 365 g/mol. The first-order chi connectivity index (χ1) is 9.28. The molecule has 0 aromatic carbocycles. The molecule has 0 saturated heterocycles. The Kier molecular flexibility index (Phi) is 8.84. The minimum atomic E-state index is 0. The van der Waals surface area contributed by atoms with E-state index in [1.54, 1.807) is 0 Å². The standard InChI is InChI=1S/C15H29N3O.HI/c1-19-14-9-7-12(8-10-14)11-17-15(16)18-13-5-3-2-4-6-13;/h12-14H,2-11H2,1H3,(H3,16,17,18);1H. The molecule has 0 amide bonds. The molecule has 2 saturated carbocycles. The summed E-state index contributed by atoms with van der Waals surface area (Å²) >= 11 is 0. The molecule has 0 heterocycles. The van der Waals surface area contributed by atoms with Crippen LogP contribution < -0.4 is 11.1 Å². The maximum atomic E-state index is 5.99. The fourth-order valence-electron chi connectivity index (χ4n) is 3.28. The molecule has 20 heavy (non-hydrogen) atoms. The van der Waals surface area contributed by atoms with Gasteiger partial charge in [0.1, 0.15) is 0 Å². The van der Waals surface area contributed by atoms with Gasteiger partial charge in [-0.15, -0.1) is 24.0 Å². The van der Waals surface area contributed by atoms with E-state index < -0.39 is 0 Å². The van der Waals surface area contributed by atoms with Gasteiger partial charge in [-0.2, -0.15) is 0 Å². The van der Waals surface area contributed by atoms with Gasteiger partial charge in [0.05, 0.1) is 6.10 Å². The number of nitrogens with one attached hydrogen (secondary N) is 1. The second-order valence-corrected chi connectivity index (χ2v) is 6.08. The molecule has 0 aliphatic heterocycles. The third kappa shape index (κ3) is 6.16. The number of rotatable bonds is 4. The van der Waals surface area contributed by atoms with E-state index in [0.717, 1.165) is 6.54 Å². The molecule has 2 aliphatic carbocycles. The van der Waals surface area contributed by atoms with Gasteiger partial charge in [-0.1, -0.05) is 19.3 Å². The van der Waals surface area contributed by atoms with Gasteiger partial charge in [0.25, 0.3) is 0 Å². The summed E-state index contributed by atoms with van der Waals surface area (Å²) in [7, 11) is 1.81. The van der Waals surface area contributed by atoms with Crippen LogP contribution in [0.15, 0.2) is 4.99 Å². The summed E-state index contributed by atoms with van der Waals surface area (Å²) in [5.74, 6) is 1.35. The van der Waals surface area contributed by atoms with Crippen LogP contribution in [-0.2, 0) is 4.74 Å². The normalized spacial score (nSPS) is 28.8. The fraction of sp³-hybridized carbons (Fsp3) is 0.933. The van der Waals surface area contributed by atoms with Crippen LogP contribution in [0.5, 0.6) is 0 Å². The molecule has 0 aromatic heterocycles. The zero-order valence-electron chi connectivity index (χ0n) is 12.6. The van der Waals surface area contributed by atoms with Gasteiger partial charge in [-0.25, -0.2) is 0 Å². The van der Waals surface area contributed by atoms with Crippen molar-refractivity contribution in [3.05, 3.63) is 0 Å². The average Bonchev–Trinajstić information content (AvgIpc) is 2.47. The Morgan fingerprint density at radius 2 is 1.75 bits per heavy atom. The van der Waals surface area contributed by atoms with E-state index in [4.69, 9.17) is 10.5 Å². The molecule has 0 spiro atoms. The van der Waals surface area contributed by atoms with Crippen molar-refractivity contribution < 1.29 is 4.74 Å². The lowest BCUT2D eigenvalue weighted by Crippen LogP contribution is -2.41. The lowest BCUT2D eigenvalue weighted by Gasteiger charge is -2.27. The van der Waals surface area contributed by atoms with Gasteiger partial charge in [-0.05, 0) is 44.4 Å². The molecule has 0 atom stereocenters. The van der Waals surface area contributed by atoms with E-state index >= 15 is 0 Å². The maximum absolute atomic E-state index is 5.99. The number of methoxy groups -OCH3 is 1. The number of ether oxygens (including phenoxy) is 1. The third-order valence-corrected chi connectivity index (χ3v) is 4.60. The van der Waals surface area contributed by atoms with Crippen LogP contribution in [0.4, 0.5) is 0 Å². The summed E-state index contributed by atoms with van der Waals surface area (Å²) in [5.41, 5.74) is 5.99. The molecule has 4 nitrogen and oxygen atoms in total. The third-order valence-electron chi connectivity index (χ3n) is 4.60. The second kappa shape index (κ2) is 9.82. The molecule has 3 N–H and O–H groups in total. The van der Waals surface area contributed by atoms with Crippen molar-refractivity contribution in [3.8, 4) is 0 Å². The lowest BCUT2D eigenvalue weighted by atomic mass is 9.87. The topological polar surface area (TPSA) is 59.6 Å². The summed E-state index contributed by atoms with van der Waals surface area (Å²) in [4.78, 5) is 4.54. The summed E-state index contributed by atoms with van der Waals surface area (Å²) in [6.07, 6.45) is 11.8. The van der Waals surface area contributed by atoms with Crippen LogP contribution in [0.2, 0.25) is 0 Å². The molecule has 118 valence electrons. The predicted molar refractivity (Wildman–Crippen MR) is 94.7 cm³/mol. The zero-order valence-corrected chi connectivity index (χ0v) is 15.0. The molecule has 0 bridgehead atoms. The fourth-order valence-corrected chi connectivity index (χ4v) is 3.28. The van der Waals surface area contributed by atoms with Crippen molar-refractivity contribution in [2.24, 2.45) is 16.6 Å². The first kappa shape index (κ1) is 18.0. The van der Waals surface area contributed by atoms with Crippen LogP contribution in [0.25, 0.3) is 0 Å². The van der Waals surface area contributed by atoms with E-state index in [1.807, 2.05) is 7.11 Å². The highest BCUT2D eigenvalue weighted by atomic mass is 127. The van der Waals surface area contributed by atoms with Crippen molar-refractivity contribution >= 4 is 29.9 Å². The van der Waals surface area contributed by atoms with Gasteiger partial charge in [0.2, 0.25) is 0 Å². The summed E-state index contributed by atoms with van der Waals surface area (Å²) in [6.45, 7) is 0.877. The highest BCUT2D eigenvalue weighted by Crippen LogP contribution is 2.26. The monoisotopic (exact) mass is 395 g/mol. The minimum absolute atomic E-state index is 0. The van der Waals surface area contributed by atoms with Gasteiger partial charge in [0.15, 0.2) is 5.96 Å². The van der Waals surface area contributed by atoms with Crippen molar-refractivity contribution in [1.29, 1.82) is 0 Å². The summed E-state index contributed by atoms with van der Waals surface area (Å²) in [5, 5.41) is 3.38. The van der Waals surface area contributed by atoms with Crippen LogP contribution in [0, 0.1) is 5.92 Å². The van der Waals surface area contributed by atoms with E-state index in [0.29, 0.717) is 24.0 Å². The van der Waals surface area contributed by atoms with Crippen LogP contribution in [-0.4, -0.2) is 31.8 Å². The minimum Gasteiger partial charge on any atom is -0.381 e. The van der Waals surface area contributed by atoms with Crippen LogP contribution in [0.3, 0.4) is 0 Å². The largest absolute Gasteiger partial charge is 0.381 e. The SMILES string of the molecule is COC1CCC(CN=C(N)NC2CCCCC2)CC1.I. The van der Waals surface area contributed by atoms with Gasteiger partial charge in [0, 0.05) is 19.7 Å². The number of hydrogen-bond donors (Lipinski definition) is 2. The number of aliphatic imine (C=N–C) groups is 1. The molecule has 0 unspecified atom stereocenters. The lowest BCUT2D eigenvalue weighted by molar-refractivity contribution is 0.0581. The van der Waals surface area contributed by atoms with E-state index in [2.05, 4.69) is 10.3 Å². The number of nitrogens with two attached hydrogens (primary N) is 1. The number of nitrogens with zero attached hydrogens (tertiary/aromatic N) is 1. The quantitative estimate of drug-likeness (QED) is 0.437. The Labute approximate surface area is 140 Å². The number of halogens is 1. The zero-order chi connectivity index (χ0) is 13.5. The van der Waals surface area contributed by atoms with E-state index in [1.165, 1.54) is 57.8 Å². The van der Waals surface area contributed by atoms with Crippen LogP contribution in [0.1, 0.15) is 57.8 Å². The number of hydrogen-bond acceptors (Lipinski definition) is 2. The first-order valence-corrected chi connectivity index (χ1v) is 7.87. The van der Waals surface area contributed by atoms with Crippen molar-refractivity contribution in [2.45, 2.75) is 69.9 Å². The Hall–Kier alpha value is -0.0400. The van der Waals surface area contributed by atoms with Gasteiger partial charge >= 0.3 is 0 Å². The van der Waals surface area contributed by atoms with Crippen molar-refractivity contribution in [3.63, 3.8) is 0 Å². The van der Waals surface area contributed by atoms with Gasteiger partial charge in [-0.3, -0.25) is 4.99 Å². The van der Waals surface area contributed by atoms with Crippen molar-refractivity contribution in [2.75, 3.05) is 13.7 Å². The molecule has 2 rings (SSSR count). The van der Waals surface area contributed by atoms with E-state index in [9.17, 15) is 0 Å². The highest BCUT2D eigenvalue weighted by Gasteiger charge is 2.20. The highest BCUT2D eigenvalue weighted by molar-refractivity contribution is 14.0. The molecule has 2 fully saturated rings. The van der Waals surface area contributed by atoms with Crippen molar-refractivity contribution in [1.82, 2.24) is 5.32 Å². The molecular formula is C15H30IN3O. The molecule has 0 radical (unpaired) electrons. The summed E-state index contributed by atoms with van der Waals surface area (Å²) in [6, 6.07) is 0.557. The van der Waals surface area contributed by atoms with E-state index in [-0.39, 0.29) is 24.0 Å². The van der Waals surface area contributed by atoms with Gasteiger partial charge < -0.3 is 15.8 Å². The Bertz CT molecular complexity index is 285. The Balaban J connectivity index is 0.00000200. The Morgan fingerprint density at radius 1 is 1.10 bits per heavy atom. The summed E-state index contributed by atoms with van der Waals surface area (Å²) < 4.78 is 5.39. The first-order valence-electron chi connectivity index (χ1n) is 7.87. The van der Waals surface area contributed by atoms with Crippen LogP contribution >= 0.6 is 24.0 Å². The molecule has 0 aromatic rings. The number of guanidine groups is 1.